The van der Waals surface area contributed by atoms with Gasteiger partial charge in [-0.25, -0.2) is 9.59 Å². The van der Waals surface area contributed by atoms with Crippen molar-refractivity contribution in [3.63, 3.8) is 0 Å². The largest absolute Gasteiger partial charge is 0.479 e. The first-order valence-electron chi connectivity index (χ1n) is 4.22. The van der Waals surface area contributed by atoms with Crippen molar-refractivity contribution in [3.05, 3.63) is 0 Å². The molecule has 0 amide bonds. The fraction of sp³-hybridized carbons (Fsp3) is 0.750. The second-order valence-corrected chi connectivity index (χ2v) is 3.57. The molecule has 0 aromatic carbocycles. The van der Waals surface area contributed by atoms with E-state index in [1.54, 1.807) is 0 Å². The van der Waals surface area contributed by atoms with Crippen LogP contribution in [-0.4, -0.2) is 33.4 Å². The van der Waals surface area contributed by atoms with Crippen LogP contribution in [0.5, 0.6) is 0 Å². The molecule has 2 rings (SSSR count). The van der Waals surface area contributed by atoms with Gasteiger partial charge < -0.3 is 14.9 Å². The topological polar surface area (TPSA) is 87.1 Å². The molecule has 0 unspecified atom stereocenters. The van der Waals surface area contributed by atoms with Crippen LogP contribution in [0.25, 0.3) is 0 Å². The summed E-state index contributed by atoms with van der Waals surface area (Å²) in [5, 5.41) is 17.7. The molecular formula is C8H10O5. The second-order valence-electron chi connectivity index (χ2n) is 3.57. The third kappa shape index (κ3) is 0.798. The first-order valence-corrected chi connectivity index (χ1v) is 4.22. The van der Waals surface area contributed by atoms with Gasteiger partial charge in [0.25, 0.3) is 0 Å². The molecule has 0 radical (unpaired) electrons. The standard InChI is InChI=1S/C8H10O5/c9-5(10)7-3-1-2-4-8(7,13-7)6(11)12/h1-4H2,(H,9,10)(H,11,12)/t7-,8+. The number of ether oxygens (including phenoxy) is 1. The molecule has 5 nitrogen and oxygen atoms in total. The van der Waals surface area contributed by atoms with Crippen LogP contribution in [0.3, 0.4) is 0 Å². The monoisotopic (exact) mass is 186 g/mol. The first-order chi connectivity index (χ1) is 6.05. The minimum atomic E-state index is -1.42. The Morgan fingerprint density at radius 1 is 1.00 bits per heavy atom. The number of fused-ring (bicyclic) bond motifs is 1. The molecule has 0 aromatic heterocycles. The fourth-order valence-corrected chi connectivity index (χ4v) is 2.17. The molecule has 1 heterocycles. The molecule has 0 spiro atoms. The van der Waals surface area contributed by atoms with Crippen molar-refractivity contribution in [2.75, 3.05) is 0 Å². The molecule has 2 aliphatic rings. The van der Waals surface area contributed by atoms with Crippen LogP contribution in [-0.2, 0) is 14.3 Å². The number of epoxide rings is 1. The van der Waals surface area contributed by atoms with Crippen LogP contribution >= 0.6 is 0 Å². The molecule has 0 aromatic rings. The molecule has 5 heteroatoms. The van der Waals surface area contributed by atoms with Gasteiger partial charge in [0.05, 0.1) is 0 Å². The highest BCUT2D eigenvalue weighted by Crippen LogP contribution is 2.57. The Morgan fingerprint density at radius 2 is 1.38 bits per heavy atom. The zero-order valence-electron chi connectivity index (χ0n) is 6.95. The van der Waals surface area contributed by atoms with Crippen LogP contribution in [0.4, 0.5) is 0 Å². The maximum Gasteiger partial charge on any atom is 0.339 e. The highest BCUT2D eigenvalue weighted by atomic mass is 16.7. The van der Waals surface area contributed by atoms with E-state index in [2.05, 4.69) is 0 Å². The van der Waals surface area contributed by atoms with Gasteiger partial charge in [-0.3, -0.25) is 0 Å². The molecule has 1 aliphatic heterocycles. The van der Waals surface area contributed by atoms with Gasteiger partial charge in [0, 0.05) is 0 Å². The summed E-state index contributed by atoms with van der Waals surface area (Å²) in [6.07, 6.45) is 2.08. The van der Waals surface area contributed by atoms with E-state index in [0.29, 0.717) is 12.8 Å². The third-order valence-corrected chi connectivity index (χ3v) is 2.96. The SMILES string of the molecule is O=C(O)[C@@]12CCCC[C@]1(C(=O)O)O2. The summed E-state index contributed by atoms with van der Waals surface area (Å²) in [7, 11) is 0. The molecule has 1 saturated carbocycles. The average molecular weight is 186 g/mol. The predicted molar refractivity (Wildman–Crippen MR) is 40.3 cm³/mol. The zero-order chi connectivity index (χ0) is 9.69. The number of carbonyl (C=O) groups is 2. The van der Waals surface area contributed by atoms with Crippen molar-refractivity contribution in [2.24, 2.45) is 0 Å². The molecule has 13 heavy (non-hydrogen) atoms. The second kappa shape index (κ2) is 2.23. The molecule has 0 bridgehead atoms. The molecule has 72 valence electrons. The van der Waals surface area contributed by atoms with Crippen molar-refractivity contribution < 1.29 is 24.5 Å². The number of hydrogen-bond donors (Lipinski definition) is 2. The quantitative estimate of drug-likeness (QED) is 0.603. The Bertz CT molecular complexity index is 258. The smallest absolute Gasteiger partial charge is 0.339 e. The lowest BCUT2D eigenvalue weighted by Gasteiger charge is -2.17. The maximum absolute atomic E-state index is 10.8. The van der Waals surface area contributed by atoms with E-state index in [4.69, 9.17) is 14.9 Å². The van der Waals surface area contributed by atoms with Gasteiger partial charge in [0.1, 0.15) is 0 Å². The summed E-state index contributed by atoms with van der Waals surface area (Å²) >= 11 is 0. The van der Waals surface area contributed by atoms with Gasteiger partial charge in [-0.1, -0.05) is 0 Å². The van der Waals surface area contributed by atoms with Crippen LogP contribution < -0.4 is 0 Å². The zero-order valence-corrected chi connectivity index (χ0v) is 6.95. The van der Waals surface area contributed by atoms with Crippen molar-refractivity contribution in [3.8, 4) is 0 Å². The maximum atomic E-state index is 10.8. The minimum absolute atomic E-state index is 0.314. The van der Waals surface area contributed by atoms with Crippen LogP contribution in [0.2, 0.25) is 0 Å². The van der Waals surface area contributed by atoms with E-state index in [1.165, 1.54) is 0 Å². The van der Waals surface area contributed by atoms with Gasteiger partial charge >= 0.3 is 11.9 Å². The van der Waals surface area contributed by atoms with Gasteiger partial charge in [-0.05, 0) is 25.7 Å². The highest BCUT2D eigenvalue weighted by molar-refractivity contribution is 5.96. The number of aliphatic carboxylic acids is 2. The summed E-state index contributed by atoms with van der Waals surface area (Å²) in [5.41, 5.74) is -2.84. The first kappa shape index (κ1) is 8.50. The lowest BCUT2D eigenvalue weighted by Crippen LogP contribution is -2.42. The average Bonchev–Trinajstić information content (AvgIpc) is 2.75. The van der Waals surface area contributed by atoms with Crippen molar-refractivity contribution in [1.29, 1.82) is 0 Å². The molecule has 2 fully saturated rings. The number of carboxylic acid groups (broad SMARTS) is 2. The van der Waals surface area contributed by atoms with E-state index in [9.17, 15) is 9.59 Å². The van der Waals surface area contributed by atoms with Gasteiger partial charge in [-0.2, -0.15) is 0 Å². The van der Waals surface area contributed by atoms with Crippen molar-refractivity contribution in [1.82, 2.24) is 0 Å². The summed E-state index contributed by atoms with van der Waals surface area (Å²) in [5.74, 6) is -2.29. The van der Waals surface area contributed by atoms with Gasteiger partial charge in [-0.15, -0.1) is 0 Å². The Hall–Kier alpha value is -1.10. The lowest BCUT2D eigenvalue weighted by molar-refractivity contribution is -0.147. The Labute approximate surface area is 74.3 Å². The Balaban J connectivity index is 2.32. The van der Waals surface area contributed by atoms with Crippen molar-refractivity contribution >= 4 is 11.9 Å². The third-order valence-electron chi connectivity index (χ3n) is 2.96. The highest BCUT2D eigenvalue weighted by Gasteiger charge is 2.80. The van der Waals surface area contributed by atoms with Crippen molar-refractivity contribution in [2.45, 2.75) is 36.9 Å². The summed E-state index contributed by atoms with van der Waals surface area (Å²) in [6.45, 7) is 0. The van der Waals surface area contributed by atoms with E-state index in [-0.39, 0.29) is 0 Å². The number of hydrogen-bond acceptors (Lipinski definition) is 3. The molecule has 2 atom stereocenters. The number of carboxylic acids is 2. The van der Waals surface area contributed by atoms with E-state index in [1.807, 2.05) is 0 Å². The summed E-state index contributed by atoms with van der Waals surface area (Å²) < 4.78 is 4.98. The lowest BCUT2D eigenvalue weighted by atomic mass is 9.79. The van der Waals surface area contributed by atoms with Crippen LogP contribution in [0.1, 0.15) is 25.7 Å². The van der Waals surface area contributed by atoms with E-state index < -0.39 is 23.1 Å². The van der Waals surface area contributed by atoms with Gasteiger partial charge in [0.2, 0.25) is 11.2 Å². The molecule has 1 saturated heterocycles. The normalized spacial score (nSPS) is 42.2. The number of rotatable bonds is 2. The Morgan fingerprint density at radius 3 is 1.69 bits per heavy atom. The summed E-state index contributed by atoms with van der Waals surface area (Å²) in [4.78, 5) is 21.7. The molecular weight excluding hydrogens is 176 g/mol. The van der Waals surface area contributed by atoms with Gasteiger partial charge in [0.15, 0.2) is 0 Å². The Kier molecular flexibility index (Phi) is 1.46. The van der Waals surface area contributed by atoms with Crippen LogP contribution in [0.15, 0.2) is 0 Å². The minimum Gasteiger partial charge on any atom is -0.479 e. The summed E-state index contributed by atoms with van der Waals surface area (Å²) in [6, 6.07) is 0. The van der Waals surface area contributed by atoms with Crippen LogP contribution in [0, 0.1) is 0 Å². The van der Waals surface area contributed by atoms with E-state index >= 15 is 0 Å². The van der Waals surface area contributed by atoms with E-state index in [0.717, 1.165) is 12.8 Å². The fourth-order valence-electron chi connectivity index (χ4n) is 2.17. The molecule has 2 N–H and O–H groups in total. The molecule has 1 aliphatic carbocycles. The predicted octanol–water partition coefficient (Wildman–Crippen LogP) is 0.237.